The molecule has 0 aliphatic heterocycles. The molecule has 104 valence electrons. The summed E-state index contributed by atoms with van der Waals surface area (Å²) < 4.78 is 5.09. The fraction of sp³-hybridized carbons (Fsp3) is 0.188. The molecular formula is C16H17NO3. The first-order chi connectivity index (χ1) is 9.78. The first-order valence-corrected chi connectivity index (χ1v) is 6.45. The van der Waals surface area contributed by atoms with E-state index in [0.717, 1.165) is 5.56 Å². The van der Waals surface area contributed by atoms with Gasteiger partial charge in [0.1, 0.15) is 5.76 Å². The number of benzene rings is 1. The molecule has 1 aromatic heterocycles. The van der Waals surface area contributed by atoms with E-state index in [9.17, 15) is 9.90 Å². The van der Waals surface area contributed by atoms with Gasteiger partial charge in [-0.15, -0.1) is 0 Å². The lowest BCUT2D eigenvalue weighted by molar-refractivity contribution is -0.117. The largest absolute Gasteiger partial charge is 0.465 e. The van der Waals surface area contributed by atoms with Crippen LogP contribution in [0.15, 0.2) is 59.2 Å². The molecule has 4 nitrogen and oxygen atoms in total. The summed E-state index contributed by atoms with van der Waals surface area (Å²) >= 11 is 0. The van der Waals surface area contributed by atoms with Crippen molar-refractivity contribution in [3.63, 3.8) is 0 Å². The minimum atomic E-state index is -0.300. The molecule has 20 heavy (non-hydrogen) atoms. The van der Waals surface area contributed by atoms with Gasteiger partial charge in [0.05, 0.1) is 18.9 Å². The summed E-state index contributed by atoms with van der Waals surface area (Å²) in [6.07, 6.45) is 5.12. The summed E-state index contributed by atoms with van der Waals surface area (Å²) in [7, 11) is 0. The number of aliphatic hydroxyl groups is 1. The average Bonchev–Trinajstić information content (AvgIpc) is 2.99. The highest BCUT2D eigenvalue weighted by Crippen LogP contribution is 2.04. The van der Waals surface area contributed by atoms with Crippen LogP contribution in [0.3, 0.4) is 0 Å². The van der Waals surface area contributed by atoms with Crippen LogP contribution in [0.25, 0.3) is 6.08 Å². The van der Waals surface area contributed by atoms with Gasteiger partial charge in [-0.2, -0.15) is 0 Å². The van der Waals surface area contributed by atoms with Crippen molar-refractivity contribution in [1.29, 1.82) is 0 Å². The molecule has 2 aromatic rings. The lowest BCUT2D eigenvalue weighted by atomic mass is 10.1. The third kappa shape index (κ3) is 4.40. The molecule has 0 spiro atoms. The maximum Gasteiger partial charge on any atom is 0.244 e. The lowest BCUT2D eigenvalue weighted by Gasteiger charge is -2.15. The van der Waals surface area contributed by atoms with E-state index in [0.29, 0.717) is 12.2 Å². The molecule has 1 atom stereocenters. The zero-order chi connectivity index (χ0) is 14.2. The van der Waals surface area contributed by atoms with Crippen molar-refractivity contribution in [2.24, 2.45) is 0 Å². The van der Waals surface area contributed by atoms with Gasteiger partial charge in [0.2, 0.25) is 5.91 Å². The molecule has 1 amide bonds. The van der Waals surface area contributed by atoms with Crippen LogP contribution in [0.2, 0.25) is 0 Å². The molecule has 2 N–H and O–H groups in total. The predicted octanol–water partition coefficient (Wildman–Crippen LogP) is 2.01. The topological polar surface area (TPSA) is 62.5 Å². The Morgan fingerprint density at radius 2 is 2.05 bits per heavy atom. The Bertz CT molecular complexity index is 546. The first kappa shape index (κ1) is 14.1. The molecule has 0 fully saturated rings. The Morgan fingerprint density at radius 3 is 2.70 bits per heavy atom. The quantitative estimate of drug-likeness (QED) is 0.790. The van der Waals surface area contributed by atoms with Crippen molar-refractivity contribution in [1.82, 2.24) is 5.32 Å². The van der Waals surface area contributed by atoms with Crippen LogP contribution in [0.5, 0.6) is 0 Å². The monoisotopic (exact) mass is 271 g/mol. The minimum Gasteiger partial charge on any atom is -0.465 e. The van der Waals surface area contributed by atoms with Crippen LogP contribution in [0.4, 0.5) is 0 Å². The third-order valence-corrected chi connectivity index (χ3v) is 2.83. The summed E-state index contributed by atoms with van der Waals surface area (Å²) in [6, 6.07) is 12.9. The molecular weight excluding hydrogens is 254 g/mol. The molecule has 0 aliphatic carbocycles. The summed E-state index contributed by atoms with van der Waals surface area (Å²) in [5, 5.41) is 12.1. The number of aliphatic hydroxyl groups excluding tert-OH is 1. The van der Waals surface area contributed by atoms with Gasteiger partial charge in [-0.05, 0) is 30.2 Å². The number of amides is 1. The SMILES string of the molecule is O=C(/C=C/c1ccco1)N[C@@H](CO)Cc1ccccc1. The molecule has 0 saturated carbocycles. The normalized spacial score (nSPS) is 12.4. The van der Waals surface area contributed by atoms with Crippen molar-refractivity contribution in [3.8, 4) is 0 Å². The fourth-order valence-electron chi connectivity index (χ4n) is 1.85. The van der Waals surface area contributed by atoms with Gasteiger partial charge < -0.3 is 14.8 Å². The van der Waals surface area contributed by atoms with E-state index in [1.54, 1.807) is 24.5 Å². The second kappa shape index (κ2) is 7.31. The van der Waals surface area contributed by atoms with Crippen molar-refractivity contribution >= 4 is 12.0 Å². The van der Waals surface area contributed by atoms with Gasteiger partial charge in [-0.25, -0.2) is 0 Å². The van der Waals surface area contributed by atoms with Crippen LogP contribution in [-0.2, 0) is 11.2 Å². The van der Waals surface area contributed by atoms with Crippen LogP contribution in [-0.4, -0.2) is 23.7 Å². The molecule has 0 radical (unpaired) electrons. The summed E-state index contributed by atoms with van der Waals surface area (Å²) in [4.78, 5) is 11.7. The molecule has 2 rings (SSSR count). The highest BCUT2D eigenvalue weighted by molar-refractivity contribution is 5.91. The Labute approximate surface area is 117 Å². The predicted molar refractivity (Wildman–Crippen MR) is 76.9 cm³/mol. The lowest BCUT2D eigenvalue weighted by Crippen LogP contribution is -2.38. The number of furan rings is 1. The molecule has 0 unspecified atom stereocenters. The standard InChI is InChI=1S/C16H17NO3/c18-12-14(11-13-5-2-1-3-6-13)17-16(19)9-8-15-7-4-10-20-15/h1-10,14,18H,11-12H2,(H,17,19)/b9-8+/t14-/m1/s1. The van der Waals surface area contributed by atoms with E-state index in [1.807, 2.05) is 30.3 Å². The van der Waals surface area contributed by atoms with Gasteiger partial charge in [-0.3, -0.25) is 4.79 Å². The Hall–Kier alpha value is -2.33. The zero-order valence-corrected chi connectivity index (χ0v) is 11.0. The van der Waals surface area contributed by atoms with E-state index < -0.39 is 0 Å². The molecule has 0 bridgehead atoms. The Balaban J connectivity index is 1.88. The van der Waals surface area contributed by atoms with Crippen LogP contribution in [0.1, 0.15) is 11.3 Å². The third-order valence-electron chi connectivity index (χ3n) is 2.83. The number of nitrogens with one attached hydrogen (secondary N) is 1. The van der Waals surface area contributed by atoms with E-state index in [2.05, 4.69) is 5.32 Å². The van der Waals surface area contributed by atoms with E-state index in [1.165, 1.54) is 6.08 Å². The fourth-order valence-corrected chi connectivity index (χ4v) is 1.85. The summed E-state index contributed by atoms with van der Waals surface area (Å²) in [6.45, 7) is -0.102. The highest BCUT2D eigenvalue weighted by atomic mass is 16.3. The van der Waals surface area contributed by atoms with Crippen molar-refractivity contribution in [3.05, 3.63) is 66.1 Å². The van der Waals surface area contributed by atoms with E-state index in [-0.39, 0.29) is 18.6 Å². The number of hydrogen-bond acceptors (Lipinski definition) is 3. The molecule has 1 aromatic carbocycles. The number of carbonyl (C=O) groups is 1. The van der Waals surface area contributed by atoms with Crippen molar-refractivity contribution in [2.75, 3.05) is 6.61 Å². The van der Waals surface area contributed by atoms with Crippen LogP contribution in [0, 0.1) is 0 Å². The second-order valence-corrected chi connectivity index (χ2v) is 4.43. The van der Waals surface area contributed by atoms with E-state index in [4.69, 9.17) is 4.42 Å². The van der Waals surface area contributed by atoms with Crippen molar-refractivity contribution in [2.45, 2.75) is 12.5 Å². The average molecular weight is 271 g/mol. The van der Waals surface area contributed by atoms with Gasteiger partial charge in [-0.1, -0.05) is 30.3 Å². The maximum absolute atomic E-state index is 11.7. The smallest absolute Gasteiger partial charge is 0.244 e. The molecule has 4 heteroatoms. The summed E-state index contributed by atoms with van der Waals surface area (Å²) in [5.41, 5.74) is 1.07. The van der Waals surface area contributed by atoms with Crippen LogP contribution >= 0.6 is 0 Å². The minimum absolute atomic E-state index is 0.102. The Morgan fingerprint density at radius 1 is 1.25 bits per heavy atom. The van der Waals surface area contributed by atoms with Gasteiger partial charge in [0, 0.05) is 6.08 Å². The van der Waals surface area contributed by atoms with Gasteiger partial charge in [0.15, 0.2) is 0 Å². The molecule has 0 saturated heterocycles. The second-order valence-electron chi connectivity index (χ2n) is 4.43. The molecule has 1 heterocycles. The number of hydrogen-bond donors (Lipinski definition) is 2. The number of carbonyl (C=O) groups excluding carboxylic acids is 1. The molecule has 0 aliphatic rings. The highest BCUT2D eigenvalue weighted by Gasteiger charge is 2.10. The summed E-state index contributed by atoms with van der Waals surface area (Å²) in [5.74, 6) is 0.361. The van der Waals surface area contributed by atoms with Gasteiger partial charge in [0.25, 0.3) is 0 Å². The number of rotatable bonds is 6. The van der Waals surface area contributed by atoms with Crippen LogP contribution < -0.4 is 5.32 Å². The maximum atomic E-state index is 11.7. The zero-order valence-electron chi connectivity index (χ0n) is 11.0. The van der Waals surface area contributed by atoms with Gasteiger partial charge >= 0.3 is 0 Å². The Kier molecular flexibility index (Phi) is 5.15. The first-order valence-electron chi connectivity index (χ1n) is 6.45. The van der Waals surface area contributed by atoms with Crippen molar-refractivity contribution < 1.29 is 14.3 Å². The van der Waals surface area contributed by atoms with E-state index >= 15 is 0 Å².